The number of halogens is 1. The van der Waals surface area contributed by atoms with Crippen LogP contribution >= 0.6 is 27.7 Å². The van der Waals surface area contributed by atoms with Crippen LogP contribution in [0.3, 0.4) is 0 Å². The van der Waals surface area contributed by atoms with Crippen LogP contribution in [0.15, 0.2) is 39.5 Å². The van der Waals surface area contributed by atoms with Crippen LogP contribution in [0.25, 0.3) is 11.3 Å². The van der Waals surface area contributed by atoms with Gasteiger partial charge >= 0.3 is 0 Å². The number of aromatic nitrogens is 3. The summed E-state index contributed by atoms with van der Waals surface area (Å²) in [5.41, 5.74) is 4.15. The highest BCUT2D eigenvalue weighted by atomic mass is 79.9. The minimum atomic E-state index is -0.152. The van der Waals surface area contributed by atoms with Gasteiger partial charge in [-0.05, 0) is 50.3 Å². The van der Waals surface area contributed by atoms with Crippen molar-refractivity contribution in [1.82, 2.24) is 15.2 Å². The quantitative estimate of drug-likeness (QED) is 0.310. The molecule has 0 radical (unpaired) electrons. The van der Waals surface area contributed by atoms with Crippen LogP contribution in [0.4, 0.5) is 5.69 Å². The standard InChI is InChI=1S/C22H27BrN4OS/c1-4-5-10-29-22-25-21-19(26-27-22)17-12-15(23)7-9-18(17)24-20(28-21)16-8-6-13(2)11-14(16)3/h6-7,9,12,14,16,20,24H,4-5,8,10-11H2,1-3H3/t14-,16+,20-/m1/s1. The van der Waals surface area contributed by atoms with E-state index in [1.54, 1.807) is 11.8 Å². The summed E-state index contributed by atoms with van der Waals surface area (Å²) in [4.78, 5) is 4.76. The van der Waals surface area contributed by atoms with E-state index < -0.39 is 0 Å². The second kappa shape index (κ2) is 9.04. The molecule has 1 aromatic heterocycles. The lowest BCUT2D eigenvalue weighted by atomic mass is 9.80. The maximum absolute atomic E-state index is 6.49. The Kier molecular flexibility index (Phi) is 6.44. The van der Waals surface area contributed by atoms with Crippen LogP contribution in [-0.4, -0.2) is 27.2 Å². The number of ether oxygens (including phenoxy) is 1. The summed E-state index contributed by atoms with van der Waals surface area (Å²) in [7, 11) is 0. The molecule has 2 aromatic rings. The van der Waals surface area contributed by atoms with E-state index in [0.717, 1.165) is 47.2 Å². The van der Waals surface area contributed by atoms with E-state index in [1.807, 2.05) is 6.07 Å². The number of unbranched alkanes of at least 4 members (excludes halogenated alkanes) is 1. The molecule has 4 rings (SSSR count). The van der Waals surface area contributed by atoms with Crippen LogP contribution in [0, 0.1) is 11.8 Å². The van der Waals surface area contributed by atoms with Crippen molar-refractivity contribution in [2.45, 2.75) is 57.8 Å². The molecule has 1 N–H and O–H groups in total. The van der Waals surface area contributed by atoms with Crippen molar-refractivity contribution in [2.24, 2.45) is 11.8 Å². The number of allylic oxidation sites excluding steroid dienone is 2. The summed E-state index contributed by atoms with van der Waals surface area (Å²) in [6.45, 7) is 6.71. The van der Waals surface area contributed by atoms with E-state index in [-0.39, 0.29) is 6.23 Å². The molecule has 0 unspecified atom stereocenters. The first-order valence-corrected chi connectivity index (χ1v) is 12.1. The number of thioether (sulfide) groups is 1. The first kappa shape index (κ1) is 20.7. The van der Waals surface area contributed by atoms with Gasteiger partial charge in [0.1, 0.15) is 0 Å². The molecule has 1 aliphatic carbocycles. The Morgan fingerprint density at radius 2 is 2.17 bits per heavy atom. The fourth-order valence-corrected chi connectivity index (χ4v) is 5.21. The first-order chi connectivity index (χ1) is 14.0. The summed E-state index contributed by atoms with van der Waals surface area (Å²) in [5, 5.41) is 13.2. The normalized spacial score (nSPS) is 23.2. The smallest absolute Gasteiger partial charge is 0.247 e. The van der Waals surface area contributed by atoms with Crippen molar-refractivity contribution < 1.29 is 4.74 Å². The molecule has 0 saturated heterocycles. The molecular weight excluding hydrogens is 448 g/mol. The second-order valence-corrected chi connectivity index (χ2v) is 9.93. The molecule has 154 valence electrons. The third-order valence-electron chi connectivity index (χ3n) is 5.64. The lowest BCUT2D eigenvalue weighted by Gasteiger charge is -2.34. The van der Waals surface area contributed by atoms with Gasteiger partial charge in [-0.1, -0.05) is 59.6 Å². The van der Waals surface area contributed by atoms with E-state index in [0.29, 0.717) is 28.6 Å². The van der Waals surface area contributed by atoms with E-state index in [2.05, 4.69) is 70.4 Å². The van der Waals surface area contributed by atoms with Gasteiger partial charge < -0.3 is 10.1 Å². The maximum atomic E-state index is 6.49. The molecule has 1 aliphatic heterocycles. The van der Waals surface area contributed by atoms with Crippen molar-refractivity contribution in [1.29, 1.82) is 0 Å². The number of hydrogen-bond acceptors (Lipinski definition) is 6. The van der Waals surface area contributed by atoms with Gasteiger partial charge in [0.05, 0.1) is 0 Å². The molecule has 0 saturated carbocycles. The molecule has 2 heterocycles. The first-order valence-electron chi connectivity index (χ1n) is 10.3. The minimum absolute atomic E-state index is 0.152. The SMILES string of the molecule is CCCCSc1nnc2c(n1)O[C@H]([C@H]1CC=C(C)C[C@H]1C)Nc1ccc(Br)cc1-2. The minimum Gasteiger partial charge on any atom is -0.452 e. The summed E-state index contributed by atoms with van der Waals surface area (Å²) in [5.74, 6) is 2.47. The maximum Gasteiger partial charge on any atom is 0.247 e. The zero-order valence-corrected chi connectivity index (χ0v) is 19.5. The number of anilines is 1. The van der Waals surface area contributed by atoms with Crippen LogP contribution in [-0.2, 0) is 0 Å². The molecule has 0 spiro atoms. The fraction of sp³-hybridized carbons (Fsp3) is 0.500. The van der Waals surface area contributed by atoms with Crippen molar-refractivity contribution in [3.8, 4) is 17.1 Å². The molecule has 2 aliphatic rings. The van der Waals surface area contributed by atoms with Crippen molar-refractivity contribution in [3.05, 3.63) is 34.3 Å². The lowest BCUT2D eigenvalue weighted by molar-refractivity contribution is 0.114. The molecular formula is C22H27BrN4OS. The molecule has 0 bridgehead atoms. The summed E-state index contributed by atoms with van der Waals surface area (Å²) in [6.07, 6.45) is 6.59. The summed E-state index contributed by atoms with van der Waals surface area (Å²) >= 11 is 5.23. The molecule has 1 aromatic carbocycles. The zero-order valence-electron chi connectivity index (χ0n) is 17.1. The third-order valence-corrected chi connectivity index (χ3v) is 7.06. The Bertz CT molecular complexity index is 920. The van der Waals surface area contributed by atoms with Crippen LogP contribution < -0.4 is 10.1 Å². The Balaban J connectivity index is 1.71. The number of nitrogens with zero attached hydrogens (tertiary/aromatic N) is 3. The average Bonchev–Trinajstić information content (AvgIpc) is 2.84. The van der Waals surface area contributed by atoms with Crippen molar-refractivity contribution in [2.75, 3.05) is 11.1 Å². The highest BCUT2D eigenvalue weighted by Gasteiger charge is 2.34. The monoisotopic (exact) mass is 474 g/mol. The number of benzene rings is 1. The number of fused-ring (bicyclic) bond motifs is 3. The molecule has 29 heavy (non-hydrogen) atoms. The molecule has 0 amide bonds. The molecule has 5 nitrogen and oxygen atoms in total. The Morgan fingerprint density at radius 1 is 1.31 bits per heavy atom. The van der Waals surface area contributed by atoms with Gasteiger partial charge in [0, 0.05) is 27.4 Å². The van der Waals surface area contributed by atoms with Gasteiger partial charge in [-0.3, -0.25) is 0 Å². The Hall–Kier alpha value is -1.60. The van der Waals surface area contributed by atoms with Gasteiger partial charge in [-0.15, -0.1) is 10.2 Å². The molecule has 3 atom stereocenters. The summed E-state index contributed by atoms with van der Waals surface area (Å²) in [6, 6.07) is 6.17. The van der Waals surface area contributed by atoms with Crippen molar-refractivity contribution >= 4 is 33.4 Å². The van der Waals surface area contributed by atoms with Gasteiger partial charge in [0.2, 0.25) is 11.0 Å². The molecule has 7 heteroatoms. The van der Waals surface area contributed by atoms with Crippen LogP contribution in [0.1, 0.15) is 46.5 Å². The largest absolute Gasteiger partial charge is 0.452 e. The molecule has 0 fully saturated rings. The number of rotatable bonds is 5. The number of hydrogen-bond donors (Lipinski definition) is 1. The second-order valence-electron chi connectivity index (χ2n) is 7.95. The highest BCUT2D eigenvalue weighted by molar-refractivity contribution is 9.10. The fourth-order valence-electron chi connectivity index (χ4n) is 3.99. The Labute approximate surface area is 185 Å². The Morgan fingerprint density at radius 3 is 2.97 bits per heavy atom. The average molecular weight is 475 g/mol. The van der Waals surface area contributed by atoms with E-state index in [9.17, 15) is 0 Å². The van der Waals surface area contributed by atoms with Crippen LogP contribution in [0.5, 0.6) is 5.88 Å². The van der Waals surface area contributed by atoms with E-state index in [1.165, 1.54) is 5.57 Å². The number of nitrogens with one attached hydrogen (secondary N) is 1. The van der Waals surface area contributed by atoms with Crippen molar-refractivity contribution in [3.63, 3.8) is 0 Å². The highest BCUT2D eigenvalue weighted by Crippen LogP contribution is 2.41. The summed E-state index contributed by atoms with van der Waals surface area (Å²) < 4.78 is 7.48. The predicted octanol–water partition coefficient (Wildman–Crippen LogP) is 6.32. The van der Waals surface area contributed by atoms with Gasteiger partial charge in [0.25, 0.3) is 0 Å². The third kappa shape index (κ3) is 4.61. The lowest BCUT2D eigenvalue weighted by Crippen LogP contribution is -2.39. The van der Waals surface area contributed by atoms with E-state index in [4.69, 9.17) is 9.72 Å². The topological polar surface area (TPSA) is 59.9 Å². The zero-order chi connectivity index (χ0) is 20.4. The van der Waals surface area contributed by atoms with Gasteiger partial charge in [0.15, 0.2) is 11.9 Å². The van der Waals surface area contributed by atoms with E-state index >= 15 is 0 Å². The van der Waals surface area contributed by atoms with Gasteiger partial charge in [-0.2, -0.15) is 4.98 Å². The predicted molar refractivity (Wildman–Crippen MR) is 122 cm³/mol. The van der Waals surface area contributed by atoms with Gasteiger partial charge in [-0.25, -0.2) is 0 Å². The van der Waals surface area contributed by atoms with Crippen LogP contribution in [0.2, 0.25) is 0 Å².